The highest BCUT2D eigenvalue weighted by Gasteiger charge is 2.24. The molecule has 0 unspecified atom stereocenters. The van der Waals surface area contributed by atoms with Crippen LogP contribution in [-0.2, 0) is 4.74 Å². The number of aromatic nitrogens is 2. The summed E-state index contributed by atoms with van der Waals surface area (Å²) >= 11 is 0. The van der Waals surface area contributed by atoms with Crippen LogP contribution in [0.4, 0.5) is 0 Å². The number of ether oxygens (including phenoxy) is 1. The van der Waals surface area contributed by atoms with E-state index in [4.69, 9.17) is 0 Å². The van der Waals surface area contributed by atoms with E-state index in [0.29, 0.717) is 11.7 Å². The van der Waals surface area contributed by atoms with Crippen LogP contribution in [0.25, 0.3) is 0 Å². The van der Waals surface area contributed by atoms with Crippen LogP contribution in [-0.4, -0.2) is 35.9 Å². The molecule has 0 aromatic carbocycles. The van der Waals surface area contributed by atoms with Gasteiger partial charge in [0.2, 0.25) is 0 Å². The molecule has 6 heteroatoms. The Balaban J connectivity index is 0.000000980. The second-order valence-electron chi connectivity index (χ2n) is 2.96. The smallest absolute Gasteiger partial charge is 0.356 e. The summed E-state index contributed by atoms with van der Waals surface area (Å²) in [5.41, 5.74) is 0.522. The maximum atomic E-state index is 11.2. The van der Waals surface area contributed by atoms with Gasteiger partial charge in [-0.2, -0.15) is 5.10 Å². The highest BCUT2D eigenvalue weighted by molar-refractivity contribution is 5.87. The molecular weight excluding hydrogens is 206 g/mol. The van der Waals surface area contributed by atoms with Gasteiger partial charge < -0.3 is 10.1 Å². The highest BCUT2D eigenvalue weighted by Crippen LogP contribution is 2.13. The molecule has 0 radical (unpaired) electrons. The lowest BCUT2D eigenvalue weighted by molar-refractivity contribution is 0.0580. The van der Waals surface area contributed by atoms with Crippen molar-refractivity contribution in [3.8, 4) is 0 Å². The highest BCUT2D eigenvalue weighted by atomic mass is 35.5. The zero-order chi connectivity index (χ0) is 9.26. The van der Waals surface area contributed by atoms with Gasteiger partial charge in [0.05, 0.1) is 13.2 Å². The molecule has 1 saturated heterocycles. The van der Waals surface area contributed by atoms with Gasteiger partial charge in [0, 0.05) is 19.3 Å². The van der Waals surface area contributed by atoms with Crippen molar-refractivity contribution in [3.63, 3.8) is 0 Å². The van der Waals surface area contributed by atoms with Crippen LogP contribution in [0, 0.1) is 0 Å². The van der Waals surface area contributed by atoms with Crippen molar-refractivity contribution in [1.29, 1.82) is 0 Å². The van der Waals surface area contributed by atoms with Crippen LogP contribution in [0.5, 0.6) is 0 Å². The van der Waals surface area contributed by atoms with Crippen LogP contribution in [0.3, 0.4) is 0 Å². The number of nitrogens with zero attached hydrogens (tertiary/aromatic N) is 2. The predicted molar refractivity (Wildman–Crippen MR) is 52.7 cm³/mol. The number of carbonyl (C=O) groups excluding carboxylic acids is 1. The molecule has 1 N–H and O–H groups in total. The van der Waals surface area contributed by atoms with Gasteiger partial charge >= 0.3 is 5.97 Å². The molecule has 1 aliphatic heterocycles. The fraction of sp³-hybridized carbons (Fsp3) is 0.500. The van der Waals surface area contributed by atoms with Crippen molar-refractivity contribution in [1.82, 2.24) is 15.1 Å². The van der Waals surface area contributed by atoms with Crippen molar-refractivity contribution in [3.05, 3.63) is 18.0 Å². The van der Waals surface area contributed by atoms with Crippen molar-refractivity contribution >= 4 is 18.4 Å². The molecule has 0 amide bonds. The molecule has 0 saturated carbocycles. The fourth-order valence-electron chi connectivity index (χ4n) is 1.32. The first-order chi connectivity index (χ1) is 6.33. The largest absolute Gasteiger partial charge is 0.464 e. The first-order valence-corrected chi connectivity index (χ1v) is 4.15. The van der Waals surface area contributed by atoms with Crippen LogP contribution in [0.2, 0.25) is 0 Å². The van der Waals surface area contributed by atoms with Crippen LogP contribution < -0.4 is 5.32 Å². The van der Waals surface area contributed by atoms with E-state index < -0.39 is 0 Å². The van der Waals surface area contributed by atoms with Gasteiger partial charge in [-0.25, -0.2) is 4.79 Å². The minimum absolute atomic E-state index is 0. The summed E-state index contributed by atoms with van der Waals surface area (Å²) in [7, 11) is 1.37. The van der Waals surface area contributed by atoms with E-state index in [1.165, 1.54) is 7.11 Å². The number of carbonyl (C=O) groups is 1. The van der Waals surface area contributed by atoms with E-state index in [0.717, 1.165) is 13.1 Å². The quantitative estimate of drug-likeness (QED) is 0.721. The molecule has 5 nitrogen and oxygen atoms in total. The lowest BCUT2D eigenvalue weighted by Gasteiger charge is -2.28. The summed E-state index contributed by atoms with van der Waals surface area (Å²) in [5, 5.41) is 7.20. The van der Waals surface area contributed by atoms with Crippen molar-refractivity contribution in [2.24, 2.45) is 0 Å². The number of rotatable bonds is 2. The molecule has 0 atom stereocenters. The molecule has 0 bridgehead atoms. The van der Waals surface area contributed by atoms with E-state index >= 15 is 0 Å². The molecule has 0 aliphatic carbocycles. The summed E-state index contributed by atoms with van der Waals surface area (Å²) < 4.78 is 6.34. The maximum Gasteiger partial charge on any atom is 0.356 e. The van der Waals surface area contributed by atoms with E-state index in [-0.39, 0.29) is 18.4 Å². The summed E-state index contributed by atoms with van der Waals surface area (Å²) in [6, 6.07) is 1.97. The normalized spacial score (nSPS) is 15.5. The Morgan fingerprint density at radius 1 is 1.71 bits per heavy atom. The standard InChI is InChI=1S/C8H11N3O2.ClH/c1-13-8(12)7-2-3-10-11(7)6-4-9-5-6;/h2-3,6,9H,4-5H2,1H3;1H. The molecule has 2 rings (SSSR count). The van der Waals surface area contributed by atoms with Gasteiger partial charge in [-0.3, -0.25) is 4.68 Å². The Bertz CT molecular complexity index is 322. The number of methoxy groups -OCH3 is 1. The molecule has 78 valence electrons. The second-order valence-corrected chi connectivity index (χ2v) is 2.96. The van der Waals surface area contributed by atoms with Gasteiger partial charge in [0.15, 0.2) is 0 Å². The summed E-state index contributed by atoms with van der Waals surface area (Å²) in [5.74, 6) is -0.329. The average Bonchev–Trinajstić information content (AvgIpc) is 2.49. The van der Waals surface area contributed by atoms with Gasteiger partial charge in [-0.15, -0.1) is 12.4 Å². The topological polar surface area (TPSA) is 56.1 Å². The summed E-state index contributed by atoms with van der Waals surface area (Å²) in [4.78, 5) is 11.2. The lowest BCUT2D eigenvalue weighted by Crippen LogP contribution is -2.44. The summed E-state index contributed by atoms with van der Waals surface area (Å²) in [6.07, 6.45) is 1.62. The minimum Gasteiger partial charge on any atom is -0.464 e. The first kappa shape index (κ1) is 11.0. The fourth-order valence-corrected chi connectivity index (χ4v) is 1.32. The Hall–Kier alpha value is -1.07. The molecule has 1 aromatic rings. The van der Waals surface area contributed by atoms with E-state index in [1.807, 2.05) is 0 Å². The van der Waals surface area contributed by atoms with E-state index in [9.17, 15) is 4.79 Å². The van der Waals surface area contributed by atoms with Crippen LogP contribution in [0.1, 0.15) is 16.5 Å². The predicted octanol–water partition coefficient (Wildman–Crippen LogP) is 0.236. The van der Waals surface area contributed by atoms with Gasteiger partial charge in [-0.05, 0) is 6.07 Å². The SMILES string of the molecule is COC(=O)c1ccnn1C1CNC1.Cl. The van der Waals surface area contributed by atoms with Crippen molar-refractivity contribution < 1.29 is 9.53 Å². The zero-order valence-corrected chi connectivity index (χ0v) is 8.58. The average molecular weight is 218 g/mol. The monoisotopic (exact) mass is 217 g/mol. The van der Waals surface area contributed by atoms with E-state index in [1.54, 1.807) is 16.9 Å². The summed E-state index contributed by atoms with van der Waals surface area (Å²) in [6.45, 7) is 1.73. The molecule has 2 heterocycles. The molecule has 1 aliphatic rings. The minimum atomic E-state index is -0.329. The van der Waals surface area contributed by atoms with Crippen LogP contribution >= 0.6 is 12.4 Å². The van der Waals surface area contributed by atoms with Gasteiger partial charge in [0.25, 0.3) is 0 Å². The number of esters is 1. The third-order valence-corrected chi connectivity index (χ3v) is 2.17. The second kappa shape index (κ2) is 4.43. The third-order valence-electron chi connectivity index (χ3n) is 2.17. The Morgan fingerprint density at radius 3 is 2.93 bits per heavy atom. The van der Waals surface area contributed by atoms with Crippen molar-refractivity contribution in [2.75, 3.05) is 20.2 Å². The Morgan fingerprint density at radius 2 is 2.43 bits per heavy atom. The number of nitrogens with one attached hydrogen (secondary N) is 1. The first-order valence-electron chi connectivity index (χ1n) is 4.15. The van der Waals surface area contributed by atoms with Crippen molar-refractivity contribution in [2.45, 2.75) is 6.04 Å². The molecular formula is C8H12ClN3O2. The molecule has 14 heavy (non-hydrogen) atoms. The van der Waals surface area contributed by atoms with Gasteiger partial charge in [0.1, 0.15) is 5.69 Å². The number of halogens is 1. The number of hydrogen-bond acceptors (Lipinski definition) is 4. The van der Waals surface area contributed by atoms with E-state index in [2.05, 4.69) is 15.2 Å². The zero-order valence-electron chi connectivity index (χ0n) is 7.77. The van der Waals surface area contributed by atoms with Gasteiger partial charge in [-0.1, -0.05) is 0 Å². The molecule has 1 aromatic heterocycles. The number of hydrogen-bond donors (Lipinski definition) is 1. The van der Waals surface area contributed by atoms with Crippen LogP contribution in [0.15, 0.2) is 12.3 Å². The lowest BCUT2D eigenvalue weighted by atomic mass is 10.2. The Labute approximate surface area is 87.8 Å². The Kier molecular flexibility index (Phi) is 3.49. The maximum absolute atomic E-state index is 11.2. The molecule has 0 spiro atoms. The third kappa shape index (κ3) is 1.73. The molecule has 1 fully saturated rings.